The molecule has 6 nitrogen and oxygen atoms in total. The number of aryl methyl sites for hydroxylation is 1. The number of aromatic nitrogens is 2. The number of amides is 1. The van der Waals surface area contributed by atoms with Crippen molar-refractivity contribution < 1.29 is 13.9 Å². The molecule has 0 bridgehead atoms. The van der Waals surface area contributed by atoms with E-state index in [2.05, 4.69) is 10.2 Å². The summed E-state index contributed by atoms with van der Waals surface area (Å²) in [5.41, 5.74) is 4.62. The average Bonchev–Trinajstić information content (AvgIpc) is 3.55. The fourth-order valence-corrected chi connectivity index (χ4v) is 4.26. The third-order valence-corrected chi connectivity index (χ3v) is 6.12. The summed E-state index contributed by atoms with van der Waals surface area (Å²) in [6.07, 6.45) is 1.95. The van der Waals surface area contributed by atoms with Crippen LogP contribution in [0, 0.1) is 6.92 Å². The summed E-state index contributed by atoms with van der Waals surface area (Å²) in [4.78, 5) is 15.2. The van der Waals surface area contributed by atoms with E-state index in [1.165, 1.54) is 5.56 Å². The van der Waals surface area contributed by atoms with Crippen molar-refractivity contribution in [3.8, 4) is 28.7 Å². The number of nitrogens with zero attached hydrogens (tertiary/aromatic N) is 3. The van der Waals surface area contributed by atoms with E-state index in [4.69, 9.17) is 9.15 Å². The van der Waals surface area contributed by atoms with Gasteiger partial charge in [-0.05, 0) is 73.9 Å². The quantitative estimate of drug-likeness (QED) is 0.399. The molecule has 0 aliphatic carbocycles. The lowest BCUT2D eigenvalue weighted by Gasteiger charge is -2.25. The highest BCUT2D eigenvalue weighted by Gasteiger charge is 2.30. The molecule has 1 aliphatic rings. The van der Waals surface area contributed by atoms with Crippen molar-refractivity contribution in [2.24, 2.45) is 0 Å². The van der Waals surface area contributed by atoms with Crippen molar-refractivity contribution in [1.29, 1.82) is 0 Å². The van der Waals surface area contributed by atoms with Crippen LogP contribution in [0.25, 0.3) is 22.9 Å². The predicted molar refractivity (Wildman–Crippen MR) is 126 cm³/mol. The fourth-order valence-electron chi connectivity index (χ4n) is 4.26. The van der Waals surface area contributed by atoms with Crippen LogP contribution in [-0.2, 0) is 0 Å². The Morgan fingerprint density at radius 3 is 2.12 bits per heavy atom. The first-order valence-electron chi connectivity index (χ1n) is 11.1. The van der Waals surface area contributed by atoms with Crippen molar-refractivity contribution in [3.05, 3.63) is 89.5 Å². The number of carbonyl (C=O) groups excluding carboxylic acids is 1. The molecule has 1 aliphatic heterocycles. The second-order valence-electron chi connectivity index (χ2n) is 8.29. The Morgan fingerprint density at radius 2 is 1.52 bits per heavy atom. The zero-order valence-corrected chi connectivity index (χ0v) is 18.7. The summed E-state index contributed by atoms with van der Waals surface area (Å²) in [6, 6.07) is 23.4. The Kier molecular flexibility index (Phi) is 5.65. The van der Waals surface area contributed by atoms with Crippen molar-refractivity contribution in [2.75, 3.05) is 13.7 Å². The highest BCUT2D eigenvalue weighted by atomic mass is 16.5. The van der Waals surface area contributed by atoms with Crippen LogP contribution in [0.15, 0.2) is 77.2 Å². The standard InChI is InChI=1S/C27H25N3O3/c1-18-5-7-20(8-6-18)25-28-29-26(33-25)21-9-11-22(12-10-21)27(31)30-17-3-4-24(30)19-13-15-23(32-2)16-14-19/h5-16,24H,3-4,17H2,1-2H3. The number of benzene rings is 3. The Balaban J connectivity index is 1.32. The molecule has 3 aromatic carbocycles. The molecule has 1 saturated heterocycles. The molecule has 1 aromatic heterocycles. The minimum atomic E-state index is 0.0331. The number of hydrogen-bond acceptors (Lipinski definition) is 5. The van der Waals surface area contributed by atoms with Gasteiger partial charge in [0.05, 0.1) is 13.2 Å². The van der Waals surface area contributed by atoms with Gasteiger partial charge in [0, 0.05) is 23.2 Å². The van der Waals surface area contributed by atoms with E-state index in [-0.39, 0.29) is 11.9 Å². The lowest BCUT2D eigenvalue weighted by molar-refractivity contribution is 0.0735. The molecule has 6 heteroatoms. The molecule has 1 unspecified atom stereocenters. The maximum Gasteiger partial charge on any atom is 0.254 e. The number of likely N-dealkylation sites (tertiary alicyclic amines) is 1. The third kappa shape index (κ3) is 4.24. The second kappa shape index (κ2) is 8.90. The lowest BCUT2D eigenvalue weighted by atomic mass is 10.0. The van der Waals surface area contributed by atoms with Gasteiger partial charge in [-0.1, -0.05) is 29.8 Å². The van der Waals surface area contributed by atoms with Crippen LogP contribution < -0.4 is 4.74 Å². The molecule has 2 heterocycles. The summed E-state index contributed by atoms with van der Waals surface area (Å²) in [5, 5.41) is 8.35. The Hall–Kier alpha value is -3.93. The summed E-state index contributed by atoms with van der Waals surface area (Å²) in [6.45, 7) is 2.79. The van der Waals surface area contributed by atoms with Gasteiger partial charge in [-0.2, -0.15) is 0 Å². The van der Waals surface area contributed by atoms with Crippen molar-refractivity contribution in [3.63, 3.8) is 0 Å². The zero-order valence-electron chi connectivity index (χ0n) is 18.7. The SMILES string of the molecule is COc1ccc(C2CCCN2C(=O)c2ccc(-c3nnc(-c4ccc(C)cc4)o3)cc2)cc1. The zero-order chi connectivity index (χ0) is 22.8. The van der Waals surface area contributed by atoms with Gasteiger partial charge in [-0.3, -0.25) is 4.79 Å². The first-order valence-corrected chi connectivity index (χ1v) is 11.1. The van der Waals surface area contributed by atoms with Crippen LogP contribution in [0.3, 0.4) is 0 Å². The second-order valence-corrected chi connectivity index (χ2v) is 8.29. The minimum absolute atomic E-state index is 0.0331. The molecular formula is C27H25N3O3. The largest absolute Gasteiger partial charge is 0.497 e. The molecule has 166 valence electrons. The molecule has 1 amide bonds. The van der Waals surface area contributed by atoms with Crippen molar-refractivity contribution >= 4 is 5.91 Å². The van der Waals surface area contributed by atoms with E-state index in [1.807, 2.05) is 84.6 Å². The summed E-state index contributed by atoms with van der Waals surface area (Å²) in [7, 11) is 1.65. The summed E-state index contributed by atoms with van der Waals surface area (Å²) >= 11 is 0. The minimum Gasteiger partial charge on any atom is -0.497 e. The molecule has 0 spiro atoms. The highest BCUT2D eigenvalue weighted by Crippen LogP contribution is 2.34. The van der Waals surface area contributed by atoms with E-state index < -0.39 is 0 Å². The van der Waals surface area contributed by atoms with Gasteiger partial charge >= 0.3 is 0 Å². The van der Waals surface area contributed by atoms with E-state index in [9.17, 15) is 4.79 Å². The molecule has 5 rings (SSSR count). The van der Waals surface area contributed by atoms with E-state index in [0.717, 1.165) is 41.8 Å². The molecule has 1 atom stereocenters. The van der Waals surface area contributed by atoms with Crippen LogP contribution in [0.5, 0.6) is 5.75 Å². The molecule has 33 heavy (non-hydrogen) atoms. The first-order chi connectivity index (χ1) is 16.1. The number of methoxy groups -OCH3 is 1. The molecule has 4 aromatic rings. The smallest absolute Gasteiger partial charge is 0.254 e. The van der Waals surface area contributed by atoms with Gasteiger partial charge in [0.2, 0.25) is 11.8 Å². The highest BCUT2D eigenvalue weighted by molar-refractivity contribution is 5.95. The molecule has 0 radical (unpaired) electrons. The number of hydrogen-bond donors (Lipinski definition) is 0. The van der Waals surface area contributed by atoms with Crippen molar-refractivity contribution in [1.82, 2.24) is 15.1 Å². The Morgan fingerprint density at radius 1 is 0.909 bits per heavy atom. The molecule has 0 N–H and O–H groups in total. The lowest BCUT2D eigenvalue weighted by Crippen LogP contribution is -2.30. The van der Waals surface area contributed by atoms with E-state index in [0.29, 0.717) is 17.3 Å². The van der Waals surface area contributed by atoms with E-state index in [1.54, 1.807) is 7.11 Å². The molecular weight excluding hydrogens is 414 g/mol. The van der Waals surface area contributed by atoms with E-state index >= 15 is 0 Å². The van der Waals surface area contributed by atoms with Crippen LogP contribution in [0.2, 0.25) is 0 Å². The first kappa shape index (κ1) is 20.9. The Labute approximate surface area is 192 Å². The van der Waals surface area contributed by atoms with Crippen LogP contribution in [0.4, 0.5) is 0 Å². The van der Waals surface area contributed by atoms with Gasteiger partial charge < -0.3 is 14.1 Å². The number of rotatable bonds is 5. The van der Waals surface area contributed by atoms with Gasteiger partial charge in [0.15, 0.2) is 0 Å². The maximum absolute atomic E-state index is 13.3. The topological polar surface area (TPSA) is 68.5 Å². The summed E-state index contributed by atoms with van der Waals surface area (Å²) in [5.74, 6) is 1.76. The molecule has 1 fully saturated rings. The van der Waals surface area contributed by atoms with Crippen LogP contribution in [-0.4, -0.2) is 34.7 Å². The number of carbonyl (C=O) groups is 1. The van der Waals surface area contributed by atoms with Gasteiger partial charge in [-0.25, -0.2) is 0 Å². The molecule has 0 saturated carbocycles. The van der Waals surface area contributed by atoms with Crippen LogP contribution in [0.1, 0.15) is 40.4 Å². The average molecular weight is 440 g/mol. The third-order valence-electron chi connectivity index (χ3n) is 6.12. The van der Waals surface area contributed by atoms with Crippen LogP contribution >= 0.6 is 0 Å². The number of ether oxygens (including phenoxy) is 1. The summed E-state index contributed by atoms with van der Waals surface area (Å²) < 4.78 is 11.1. The van der Waals surface area contributed by atoms with Gasteiger partial charge in [0.25, 0.3) is 5.91 Å². The Bertz CT molecular complexity index is 1250. The maximum atomic E-state index is 13.3. The predicted octanol–water partition coefficient (Wildman–Crippen LogP) is 5.70. The normalized spacial score (nSPS) is 15.6. The van der Waals surface area contributed by atoms with Gasteiger partial charge in [-0.15, -0.1) is 10.2 Å². The van der Waals surface area contributed by atoms with Gasteiger partial charge in [0.1, 0.15) is 5.75 Å². The fraction of sp³-hybridized carbons (Fsp3) is 0.222. The monoisotopic (exact) mass is 439 g/mol. The van der Waals surface area contributed by atoms with Crippen molar-refractivity contribution in [2.45, 2.75) is 25.8 Å².